The predicted molar refractivity (Wildman–Crippen MR) is 126 cm³/mol. The van der Waals surface area contributed by atoms with Crippen LogP contribution in [0.1, 0.15) is 37.4 Å². The third kappa shape index (κ3) is 4.32. The van der Waals surface area contributed by atoms with Crippen molar-refractivity contribution in [2.24, 2.45) is 0 Å². The average Bonchev–Trinajstić information content (AvgIpc) is 3.13. The van der Waals surface area contributed by atoms with E-state index in [0.717, 1.165) is 11.1 Å². The average molecular weight is 460 g/mol. The monoisotopic (exact) mass is 460 g/mol. The second kappa shape index (κ2) is 9.31. The van der Waals surface area contributed by atoms with Gasteiger partial charge in [-0.15, -0.1) is 0 Å². The molecular weight excluding hydrogens is 436 g/mol. The third-order valence-corrected chi connectivity index (χ3v) is 5.39. The van der Waals surface area contributed by atoms with Crippen LogP contribution in [0.5, 0.6) is 28.7 Å². The topological polar surface area (TPSA) is 80.3 Å². The molecule has 1 aliphatic rings. The highest BCUT2D eigenvalue weighted by Gasteiger charge is 2.30. The number of esters is 1. The molecule has 1 aliphatic heterocycles. The Bertz CT molecular complexity index is 1300. The van der Waals surface area contributed by atoms with Crippen LogP contribution < -0.4 is 23.7 Å². The lowest BCUT2D eigenvalue weighted by molar-refractivity contribution is 0.0733. The molecule has 3 aromatic rings. The summed E-state index contributed by atoms with van der Waals surface area (Å²) >= 11 is 0. The molecule has 0 atom stereocenters. The van der Waals surface area contributed by atoms with E-state index in [-0.39, 0.29) is 22.9 Å². The number of methoxy groups -OCH3 is 3. The first-order valence-electron chi connectivity index (χ1n) is 10.5. The summed E-state index contributed by atoms with van der Waals surface area (Å²) in [4.78, 5) is 25.8. The minimum absolute atomic E-state index is 0.212. The zero-order valence-electron chi connectivity index (χ0n) is 19.6. The molecule has 0 spiro atoms. The number of Topliss-reactive ketones (excluding diaryl/α,β-unsaturated/α-hetero) is 1. The molecule has 0 aliphatic carbocycles. The van der Waals surface area contributed by atoms with Crippen LogP contribution in [-0.2, 0) is 0 Å². The normalized spacial score (nSPS) is 13.3. The SMILES string of the molecule is COc1cc(C(=O)Oc2cc(C)c3c(c2)O/C(=C\c2cccc(C)c2)C3=O)cc(OC)c1OC. The maximum atomic E-state index is 12.9. The number of allylic oxidation sites excluding steroid dienone is 1. The van der Waals surface area contributed by atoms with E-state index >= 15 is 0 Å². The lowest BCUT2D eigenvalue weighted by atomic mass is 10.0. The molecule has 0 aromatic heterocycles. The maximum Gasteiger partial charge on any atom is 0.343 e. The van der Waals surface area contributed by atoms with Crippen molar-refractivity contribution in [3.8, 4) is 28.7 Å². The molecule has 0 amide bonds. The Morgan fingerprint density at radius 3 is 2.24 bits per heavy atom. The van der Waals surface area contributed by atoms with E-state index in [2.05, 4.69) is 0 Å². The summed E-state index contributed by atoms with van der Waals surface area (Å²) in [7, 11) is 4.41. The Kier molecular flexibility index (Phi) is 6.27. The van der Waals surface area contributed by atoms with Gasteiger partial charge in [-0.3, -0.25) is 4.79 Å². The molecule has 4 rings (SSSR count). The Morgan fingerprint density at radius 1 is 0.912 bits per heavy atom. The fourth-order valence-electron chi connectivity index (χ4n) is 3.81. The summed E-state index contributed by atoms with van der Waals surface area (Å²) in [6, 6.07) is 13.9. The zero-order valence-corrected chi connectivity index (χ0v) is 19.6. The van der Waals surface area contributed by atoms with Crippen LogP contribution in [-0.4, -0.2) is 33.1 Å². The van der Waals surface area contributed by atoms with E-state index in [1.807, 2.05) is 31.2 Å². The minimum Gasteiger partial charge on any atom is -0.493 e. The van der Waals surface area contributed by atoms with Crippen LogP contribution in [0.4, 0.5) is 0 Å². The molecule has 0 saturated heterocycles. The number of hydrogen-bond acceptors (Lipinski definition) is 7. The van der Waals surface area contributed by atoms with Crippen molar-refractivity contribution in [3.05, 3.63) is 82.1 Å². The third-order valence-electron chi connectivity index (χ3n) is 5.39. The van der Waals surface area contributed by atoms with Crippen LogP contribution in [0, 0.1) is 13.8 Å². The Morgan fingerprint density at radius 2 is 1.62 bits per heavy atom. The standard InChI is InChI=1S/C27H24O7/c1-15-7-6-8-17(9-15)11-21-25(28)24-16(2)10-19(14-20(24)34-21)33-27(29)18-12-22(30-3)26(32-5)23(13-18)31-4/h6-14H,1-5H3/b21-11-. The Labute approximate surface area is 197 Å². The van der Waals surface area contributed by atoms with E-state index in [1.165, 1.54) is 39.5 Å². The molecule has 7 nitrogen and oxygen atoms in total. The first-order chi connectivity index (χ1) is 16.3. The maximum absolute atomic E-state index is 12.9. The van der Waals surface area contributed by atoms with Crippen molar-refractivity contribution in [3.63, 3.8) is 0 Å². The number of ketones is 1. The summed E-state index contributed by atoms with van der Waals surface area (Å²) in [6.07, 6.45) is 1.70. The highest BCUT2D eigenvalue weighted by molar-refractivity contribution is 6.15. The van der Waals surface area contributed by atoms with Gasteiger partial charge in [0.1, 0.15) is 11.5 Å². The molecule has 0 saturated carbocycles. The van der Waals surface area contributed by atoms with Gasteiger partial charge in [-0.2, -0.15) is 0 Å². The number of fused-ring (bicyclic) bond motifs is 1. The number of hydrogen-bond donors (Lipinski definition) is 0. The van der Waals surface area contributed by atoms with Crippen molar-refractivity contribution in [2.75, 3.05) is 21.3 Å². The van der Waals surface area contributed by atoms with Crippen LogP contribution in [0.3, 0.4) is 0 Å². The number of rotatable bonds is 6. The van der Waals surface area contributed by atoms with Gasteiger partial charge in [0.05, 0.1) is 32.5 Å². The lowest BCUT2D eigenvalue weighted by Gasteiger charge is -2.14. The van der Waals surface area contributed by atoms with Gasteiger partial charge >= 0.3 is 5.97 Å². The summed E-state index contributed by atoms with van der Waals surface area (Å²) in [6.45, 7) is 3.75. The molecule has 1 heterocycles. The van der Waals surface area contributed by atoms with Crippen molar-refractivity contribution < 1.29 is 33.3 Å². The highest BCUT2D eigenvalue weighted by atomic mass is 16.5. The number of aryl methyl sites for hydroxylation is 2. The summed E-state index contributed by atoms with van der Waals surface area (Å²) < 4.78 is 27.3. The van der Waals surface area contributed by atoms with Crippen LogP contribution >= 0.6 is 0 Å². The first-order valence-corrected chi connectivity index (χ1v) is 10.5. The summed E-state index contributed by atoms with van der Waals surface area (Å²) in [5.41, 5.74) is 3.25. The van der Waals surface area contributed by atoms with Crippen LogP contribution in [0.15, 0.2) is 54.3 Å². The molecule has 0 bridgehead atoms. The van der Waals surface area contributed by atoms with Gasteiger partial charge in [0, 0.05) is 6.07 Å². The van der Waals surface area contributed by atoms with Gasteiger partial charge in [0.25, 0.3) is 0 Å². The number of ether oxygens (including phenoxy) is 5. The first kappa shape index (κ1) is 22.9. The Hall–Kier alpha value is -4.26. The lowest BCUT2D eigenvalue weighted by Crippen LogP contribution is -2.10. The molecule has 0 N–H and O–H groups in total. The van der Waals surface area contributed by atoms with E-state index in [9.17, 15) is 9.59 Å². The fraction of sp³-hybridized carbons (Fsp3) is 0.185. The van der Waals surface area contributed by atoms with E-state index in [4.69, 9.17) is 23.7 Å². The van der Waals surface area contributed by atoms with Gasteiger partial charge in [-0.1, -0.05) is 29.8 Å². The molecule has 7 heteroatoms. The van der Waals surface area contributed by atoms with Crippen molar-refractivity contribution in [1.29, 1.82) is 0 Å². The van der Waals surface area contributed by atoms with Crippen LogP contribution in [0.2, 0.25) is 0 Å². The van der Waals surface area contributed by atoms with Gasteiger partial charge in [-0.25, -0.2) is 4.79 Å². The molecule has 34 heavy (non-hydrogen) atoms. The number of carbonyl (C=O) groups excluding carboxylic acids is 2. The molecule has 174 valence electrons. The summed E-state index contributed by atoms with van der Waals surface area (Å²) in [5.74, 6) is 1.01. The van der Waals surface area contributed by atoms with E-state index < -0.39 is 5.97 Å². The van der Waals surface area contributed by atoms with E-state index in [0.29, 0.717) is 34.1 Å². The molecule has 0 fully saturated rings. The zero-order chi connectivity index (χ0) is 24.4. The number of carbonyl (C=O) groups is 2. The second-order valence-electron chi connectivity index (χ2n) is 7.77. The predicted octanol–water partition coefficient (Wildman–Crippen LogP) is 5.16. The fourth-order valence-corrected chi connectivity index (χ4v) is 3.81. The molecule has 0 radical (unpaired) electrons. The van der Waals surface area contributed by atoms with Gasteiger partial charge in [0.15, 0.2) is 17.3 Å². The number of benzene rings is 3. The molecule has 0 unspecified atom stereocenters. The van der Waals surface area contributed by atoms with Gasteiger partial charge in [-0.05, 0) is 49.2 Å². The Balaban J connectivity index is 1.62. The van der Waals surface area contributed by atoms with Crippen molar-refractivity contribution in [2.45, 2.75) is 13.8 Å². The van der Waals surface area contributed by atoms with Crippen molar-refractivity contribution in [1.82, 2.24) is 0 Å². The summed E-state index contributed by atoms with van der Waals surface area (Å²) in [5, 5.41) is 0. The second-order valence-corrected chi connectivity index (χ2v) is 7.77. The van der Waals surface area contributed by atoms with Crippen molar-refractivity contribution >= 4 is 17.8 Å². The van der Waals surface area contributed by atoms with Crippen LogP contribution in [0.25, 0.3) is 6.08 Å². The molecular formula is C27H24O7. The van der Waals surface area contributed by atoms with Gasteiger partial charge in [0.2, 0.25) is 11.5 Å². The smallest absolute Gasteiger partial charge is 0.343 e. The largest absolute Gasteiger partial charge is 0.493 e. The van der Waals surface area contributed by atoms with Gasteiger partial charge < -0.3 is 23.7 Å². The van der Waals surface area contributed by atoms with E-state index in [1.54, 1.807) is 19.1 Å². The minimum atomic E-state index is -0.626. The molecule has 3 aromatic carbocycles. The highest BCUT2D eigenvalue weighted by Crippen LogP contribution is 2.40. The quantitative estimate of drug-likeness (QED) is 0.285.